The first-order chi connectivity index (χ1) is 12.2. The Hall–Kier alpha value is -3.46. The Balaban J connectivity index is 1.73. The molecule has 25 heavy (non-hydrogen) atoms. The van der Waals surface area contributed by atoms with Crippen molar-refractivity contribution in [2.24, 2.45) is 0 Å². The number of carbonyl (C=O) groups excluding carboxylic acids is 2. The SMILES string of the molecule is O=C1c2ccccc2C(=O)c2cc3oc(-c4ccccc4)cc3cc21. The summed E-state index contributed by atoms with van der Waals surface area (Å²) < 4.78 is 5.93. The van der Waals surface area contributed by atoms with Crippen LogP contribution in [0.1, 0.15) is 31.8 Å². The third kappa shape index (κ3) is 1.99. The van der Waals surface area contributed by atoms with E-state index in [2.05, 4.69) is 0 Å². The fourth-order valence-corrected chi connectivity index (χ4v) is 3.38. The summed E-state index contributed by atoms with van der Waals surface area (Å²) in [6.07, 6.45) is 0. The summed E-state index contributed by atoms with van der Waals surface area (Å²) in [5, 5.41) is 0.818. The first-order valence-electron chi connectivity index (χ1n) is 8.04. The fraction of sp³-hybridized carbons (Fsp3) is 0. The molecular weight excluding hydrogens is 312 g/mol. The summed E-state index contributed by atoms with van der Waals surface area (Å²) in [4.78, 5) is 25.6. The highest BCUT2D eigenvalue weighted by molar-refractivity contribution is 6.29. The molecule has 0 bridgehead atoms. The molecule has 0 saturated heterocycles. The number of benzene rings is 3. The van der Waals surface area contributed by atoms with Crippen molar-refractivity contribution >= 4 is 22.5 Å². The van der Waals surface area contributed by atoms with E-state index in [4.69, 9.17) is 4.42 Å². The van der Waals surface area contributed by atoms with Crippen molar-refractivity contribution in [2.45, 2.75) is 0 Å². The van der Waals surface area contributed by atoms with Crippen LogP contribution in [0.25, 0.3) is 22.3 Å². The van der Waals surface area contributed by atoms with Gasteiger partial charge in [0.15, 0.2) is 11.6 Å². The van der Waals surface area contributed by atoms with Crippen molar-refractivity contribution in [1.82, 2.24) is 0 Å². The molecule has 3 heteroatoms. The second-order valence-corrected chi connectivity index (χ2v) is 6.12. The van der Waals surface area contributed by atoms with Crippen molar-refractivity contribution in [2.75, 3.05) is 0 Å². The monoisotopic (exact) mass is 324 g/mol. The van der Waals surface area contributed by atoms with Gasteiger partial charge in [-0.15, -0.1) is 0 Å². The molecule has 0 spiro atoms. The number of fused-ring (bicyclic) bond motifs is 3. The third-order valence-electron chi connectivity index (χ3n) is 4.62. The zero-order chi connectivity index (χ0) is 17.0. The Morgan fingerprint density at radius 3 is 1.88 bits per heavy atom. The van der Waals surface area contributed by atoms with E-state index in [9.17, 15) is 9.59 Å². The number of furan rings is 1. The topological polar surface area (TPSA) is 47.3 Å². The summed E-state index contributed by atoms with van der Waals surface area (Å²) in [5.41, 5.74) is 3.33. The van der Waals surface area contributed by atoms with Crippen LogP contribution in [0, 0.1) is 0 Å². The second-order valence-electron chi connectivity index (χ2n) is 6.12. The van der Waals surface area contributed by atoms with E-state index in [1.807, 2.05) is 36.4 Å². The van der Waals surface area contributed by atoms with E-state index < -0.39 is 0 Å². The minimum Gasteiger partial charge on any atom is -0.456 e. The largest absolute Gasteiger partial charge is 0.456 e. The van der Waals surface area contributed by atoms with Crippen LogP contribution in [-0.2, 0) is 0 Å². The van der Waals surface area contributed by atoms with Crippen LogP contribution in [0.2, 0.25) is 0 Å². The zero-order valence-electron chi connectivity index (χ0n) is 13.2. The highest BCUT2D eigenvalue weighted by Gasteiger charge is 2.30. The lowest BCUT2D eigenvalue weighted by molar-refractivity contribution is 0.0979. The summed E-state index contributed by atoms with van der Waals surface area (Å²) in [5.74, 6) is 0.467. The maximum atomic E-state index is 12.8. The molecule has 4 aromatic rings. The number of hydrogen-bond donors (Lipinski definition) is 0. The van der Waals surface area contributed by atoms with E-state index in [-0.39, 0.29) is 11.6 Å². The quantitative estimate of drug-likeness (QED) is 0.442. The van der Waals surface area contributed by atoms with Gasteiger partial charge in [0.05, 0.1) is 0 Å². The third-order valence-corrected chi connectivity index (χ3v) is 4.62. The Morgan fingerprint density at radius 1 is 0.600 bits per heavy atom. The molecule has 0 N–H and O–H groups in total. The van der Waals surface area contributed by atoms with Crippen molar-refractivity contribution in [1.29, 1.82) is 0 Å². The normalized spacial score (nSPS) is 13.0. The van der Waals surface area contributed by atoms with Gasteiger partial charge in [0.1, 0.15) is 11.3 Å². The molecule has 1 aliphatic carbocycles. The van der Waals surface area contributed by atoms with E-state index in [0.717, 1.165) is 16.7 Å². The predicted molar refractivity (Wildman–Crippen MR) is 95.0 cm³/mol. The summed E-state index contributed by atoms with van der Waals surface area (Å²) >= 11 is 0. The molecule has 0 fully saturated rings. The number of carbonyl (C=O) groups is 2. The summed E-state index contributed by atoms with van der Waals surface area (Å²) in [6, 6.07) is 22.1. The Labute approximate surface area is 143 Å². The van der Waals surface area contributed by atoms with Crippen LogP contribution >= 0.6 is 0 Å². The molecule has 118 valence electrons. The smallest absolute Gasteiger partial charge is 0.194 e. The highest BCUT2D eigenvalue weighted by atomic mass is 16.3. The van der Waals surface area contributed by atoms with Crippen LogP contribution < -0.4 is 0 Å². The Kier molecular flexibility index (Phi) is 2.80. The Morgan fingerprint density at radius 2 is 1.20 bits per heavy atom. The Bertz CT molecular complexity index is 1090. The van der Waals surface area contributed by atoms with E-state index in [1.165, 1.54) is 0 Å². The van der Waals surface area contributed by atoms with Crippen molar-refractivity contribution in [3.8, 4) is 11.3 Å². The van der Waals surface area contributed by atoms with Crippen molar-refractivity contribution in [3.05, 3.63) is 95.1 Å². The number of ketones is 2. The average Bonchev–Trinajstić information content (AvgIpc) is 3.09. The van der Waals surface area contributed by atoms with E-state index >= 15 is 0 Å². The molecule has 0 radical (unpaired) electrons. The lowest BCUT2D eigenvalue weighted by Gasteiger charge is -2.16. The molecule has 0 aliphatic heterocycles. The van der Waals surface area contributed by atoms with Gasteiger partial charge >= 0.3 is 0 Å². The lowest BCUT2D eigenvalue weighted by Crippen LogP contribution is -2.20. The lowest BCUT2D eigenvalue weighted by atomic mass is 9.83. The minimum atomic E-state index is -0.134. The van der Waals surface area contributed by atoms with Gasteiger partial charge in [-0.05, 0) is 18.2 Å². The number of hydrogen-bond acceptors (Lipinski definition) is 3. The molecule has 0 saturated carbocycles. The number of rotatable bonds is 1. The summed E-state index contributed by atoms with van der Waals surface area (Å²) in [7, 11) is 0. The van der Waals surface area contributed by atoms with Crippen LogP contribution in [0.3, 0.4) is 0 Å². The summed E-state index contributed by atoms with van der Waals surface area (Å²) in [6.45, 7) is 0. The van der Waals surface area contributed by atoms with Crippen LogP contribution in [0.15, 0.2) is 77.2 Å². The van der Waals surface area contributed by atoms with E-state index in [1.54, 1.807) is 36.4 Å². The molecule has 5 rings (SSSR count). The van der Waals surface area contributed by atoms with Gasteiger partial charge in [-0.1, -0.05) is 54.6 Å². The van der Waals surface area contributed by atoms with E-state index in [0.29, 0.717) is 27.8 Å². The minimum absolute atomic E-state index is 0.116. The molecule has 0 atom stereocenters. The van der Waals surface area contributed by atoms with Crippen LogP contribution in [0.4, 0.5) is 0 Å². The molecule has 0 amide bonds. The molecule has 3 nitrogen and oxygen atoms in total. The molecule has 1 aliphatic rings. The molecule has 0 unspecified atom stereocenters. The van der Waals surface area contributed by atoms with Gasteiger partial charge in [0.2, 0.25) is 0 Å². The van der Waals surface area contributed by atoms with Crippen LogP contribution in [0.5, 0.6) is 0 Å². The highest BCUT2D eigenvalue weighted by Crippen LogP contribution is 2.34. The van der Waals surface area contributed by atoms with Gasteiger partial charge in [-0.25, -0.2) is 0 Å². The second kappa shape index (κ2) is 5.02. The van der Waals surface area contributed by atoms with Crippen LogP contribution in [-0.4, -0.2) is 11.6 Å². The standard InChI is InChI=1S/C22H12O3/c23-21-15-8-4-5-9-16(15)22(24)18-12-20-14(10-17(18)21)11-19(25-20)13-6-2-1-3-7-13/h1-12H. The zero-order valence-corrected chi connectivity index (χ0v) is 13.2. The fourth-order valence-electron chi connectivity index (χ4n) is 3.38. The average molecular weight is 324 g/mol. The van der Waals surface area contributed by atoms with Gasteiger partial charge < -0.3 is 4.42 Å². The maximum absolute atomic E-state index is 12.8. The molecular formula is C22H12O3. The van der Waals surface area contributed by atoms with Gasteiger partial charge in [0, 0.05) is 33.2 Å². The first kappa shape index (κ1) is 13.9. The van der Waals surface area contributed by atoms with Gasteiger partial charge in [-0.2, -0.15) is 0 Å². The molecule has 1 aromatic heterocycles. The van der Waals surface area contributed by atoms with Gasteiger partial charge in [0.25, 0.3) is 0 Å². The maximum Gasteiger partial charge on any atom is 0.194 e. The first-order valence-corrected chi connectivity index (χ1v) is 8.04. The molecule has 1 heterocycles. The molecule has 3 aromatic carbocycles. The van der Waals surface area contributed by atoms with Crippen molar-refractivity contribution in [3.63, 3.8) is 0 Å². The predicted octanol–water partition coefficient (Wildman–Crippen LogP) is 4.88. The van der Waals surface area contributed by atoms with Crippen molar-refractivity contribution < 1.29 is 14.0 Å². The van der Waals surface area contributed by atoms with Gasteiger partial charge in [-0.3, -0.25) is 9.59 Å².